The van der Waals surface area contributed by atoms with Crippen molar-refractivity contribution < 1.29 is 19.1 Å². The molecular formula is C15H11FN4O3S. The summed E-state index contributed by atoms with van der Waals surface area (Å²) in [6, 6.07) is 5.47. The number of halogens is 1. The van der Waals surface area contributed by atoms with E-state index in [0.717, 1.165) is 24.2 Å². The smallest absolute Gasteiger partial charge is 0.358 e. The summed E-state index contributed by atoms with van der Waals surface area (Å²) in [6.07, 6.45) is 1.72. The Morgan fingerprint density at radius 2 is 2.00 bits per heavy atom. The third kappa shape index (κ3) is 2.52. The van der Waals surface area contributed by atoms with Crippen molar-refractivity contribution in [2.45, 2.75) is 12.8 Å². The number of amides is 1. The topological polar surface area (TPSA) is 97.1 Å². The molecule has 9 heteroatoms. The van der Waals surface area contributed by atoms with Crippen LogP contribution < -0.4 is 5.32 Å². The summed E-state index contributed by atoms with van der Waals surface area (Å²) in [5, 5.41) is 16.4. The van der Waals surface area contributed by atoms with E-state index in [0.29, 0.717) is 21.2 Å². The number of carbonyl (C=O) groups is 2. The highest BCUT2D eigenvalue weighted by atomic mass is 32.1. The molecule has 0 unspecified atom stereocenters. The number of fused-ring (bicyclic) bond motifs is 1. The second kappa shape index (κ2) is 5.38. The number of carbonyl (C=O) groups excluding carboxylic acids is 1. The SMILES string of the molecule is O=C(O)c1nn(-c2ccc(F)cc2)c2nc(NC(=O)C3CC3)sc12. The van der Waals surface area contributed by atoms with Crippen molar-refractivity contribution in [1.82, 2.24) is 14.8 Å². The molecule has 2 heterocycles. The predicted molar refractivity (Wildman–Crippen MR) is 85.0 cm³/mol. The molecule has 3 aromatic rings. The molecule has 1 amide bonds. The molecule has 7 nitrogen and oxygen atoms in total. The van der Waals surface area contributed by atoms with Crippen LogP contribution in [0.5, 0.6) is 0 Å². The van der Waals surface area contributed by atoms with E-state index in [-0.39, 0.29) is 17.5 Å². The number of nitrogens with one attached hydrogen (secondary N) is 1. The first-order valence-corrected chi connectivity index (χ1v) is 8.04. The number of hydrogen-bond acceptors (Lipinski definition) is 5. The molecule has 1 aromatic carbocycles. The van der Waals surface area contributed by atoms with E-state index in [1.165, 1.54) is 28.9 Å². The van der Waals surface area contributed by atoms with Crippen LogP contribution >= 0.6 is 11.3 Å². The van der Waals surface area contributed by atoms with Crippen molar-refractivity contribution in [3.05, 3.63) is 35.8 Å². The van der Waals surface area contributed by atoms with Crippen molar-refractivity contribution >= 4 is 38.7 Å². The molecule has 1 fully saturated rings. The van der Waals surface area contributed by atoms with Gasteiger partial charge in [-0.1, -0.05) is 11.3 Å². The highest BCUT2D eigenvalue weighted by Crippen LogP contribution is 2.34. The Bertz CT molecular complexity index is 959. The molecule has 1 saturated carbocycles. The molecule has 0 bridgehead atoms. The zero-order valence-corrected chi connectivity index (χ0v) is 13.0. The third-order valence-corrected chi connectivity index (χ3v) is 4.64. The zero-order chi connectivity index (χ0) is 16.8. The lowest BCUT2D eigenvalue weighted by molar-refractivity contribution is -0.117. The van der Waals surface area contributed by atoms with Crippen molar-refractivity contribution in [3.63, 3.8) is 0 Å². The van der Waals surface area contributed by atoms with Crippen LogP contribution in [0, 0.1) is 11.7 Å². The Morgan fingerprint density at radius 3 is 2.62 bits per heavy atom. The quantitative estimate of drug-likeness (QED) is 0.757. The minimum atomic E-state index is -1.19. The van der Waals surface area contributed by atoms with Gasteiger partial charge in [-0.2, -0.15) is 10.1 Å². The minimum Gasteiger partial charge on any atom is -0.476 e. The Balaban J connectivity index is 1.80. The van der Waals surface area contributed by atoms with Gasteiger partial charge in [0.15, 0.2) is 16.5 Å². The number of carboxylic acids is 1. The van der Waals surface area contributed by atoms with Gasteiger partial charge in [-0.3, -0.25) is 4.79 Å². The van der Waals surface area contributed by atoms with E-state index in [1.54, 1.807) is 0 Å². The van der Waals surface area contributed by atoms with E-state index in [2.05, 4.69) is 15.4 Å². The van der Waals surface area contributed by atoms with Crippen molar-refractivity contribution in [3.8, 4) is 5.69 Å². The maximum absolute atomic E-state index is 13.1. The summed E-state index contributed by atoms with van der Waals surface area (Å²) < 4.78 is 14.8. The number of aromatic nitrogens is 3. The predicted octanol–water partition coefficient (Wildman–Crippen LogP) is 2.67. The minimum absolute atomic E-state index is 0.0181. The van der Waals surface area contributed by atoms with Gasteiger partial charge in [-0.05, 0) is 37.1 Å². The van der Waals surface area contributed by atoms with Gasteiger partial charge in [-0.15, -0.1) is 0 Å². The third-order valence-electron chi connectivity index (χ3n) is 3.68. The highest BCUT2D eigenvalue weighted by molar-refractivity contribution is 7.22. The second-order valence-electron chi connectivity index (χ2n) is 5.48. The first kappa shape index (κ1) is 14.8. The number of aromatic carboxylic acids is 1. The molecule has 0 atom stereocenters. The number of anilines is 1. The molecule has 1 aliphatic carbocycles. The van der Waals surface area contributed by atoms with Crippen LogP contribution in [-0.2, 0) is 4.79 Å². The first-order chi connectivity index (χ1) is 11.5. The molecule has 122 valence electrons. The van der Waals surface area contributed by atoms with Gasteiger partial charge in [0, 0.05) is 5.92 Å². The maximum atomic E-state index is 13.1. The van der Waals surface area contributed by atoms with Gasteiger partial charge < -0.3 is 10.4 Å². The number of benzene rings is 1. The molecule has 0 saturated heterocycles. The second-order valence-corrected chi connectivity index (χ2v) is 6.48. The van der Waals surface area contributed by atoms with Gasteiger partial charge in [-0.25, -0.2) is 13.9 Å². The molecule has 0 radical (unpaired) electrons. The Labute approximate surface area is 138 Å². The van der Waals surface area contributed by atoms with E-state index in [9.17, 15) is 19.1 Å². The molecule has 0 spiro atoms. The lowest BCUT2D eigenvalue weighted by Gasteiger charge is -2.01. The molecule has 4 rings (SSSR count). The molecule has 2 aromatic heterocycles. The van der Waals surface area contributed by atoms with Crippen LogP contribution in [-0.4, -0.2) is 31.7 Å². The Kier molecular flexibility index (Phi) is 3.31. The summed E-state index contributed by atoms with van der Waals surface area (Å²) in [7, 11) is 0. The fourth-order valence-corrected chi connectivity index (χ4v) is 3.24. The molecule has 0 aliphatic heterocycles. The number of carboxylic acid groups (broad SMARTS) is 1. The lowest BCUT2D eigenvalue weighted by atomic mass is 10.3. The standard InChI is InChI=1S/C15H11FN4O3S/c16-8-3-5-9(6-4-8)20-12-11(10(19-20)14(22)23)24-15(17-12)18-13(21)7-1-2-7/h3-7H,1-2H2,(H,22,23)(H,17,18,21). The van der Waals surface area contributed by atoms with Crippen molar-refractivity contribution in [2.75, 3.05) is 5.32 Å². The fourth-order valence-electron chi connectivity index (χ4n) is 2.31. The highest BCUT2D eigenvalue weighted by Gasteiger charge is 2.31. The number of hydrogen-bond donors (Lipinski definition) is 2. The average Bonchev–Trinajstić information content (AvgIpc) is 3.23. The van der Waals surface area contributed by atoms with E-state index < -0.39 is 11.8 Å². The molecular weight excluding hydrogens is 335 g/mol. The number of nitrogens with zero attached hydrogens (tertiary/aromatic N) is 3. The van der Waals surface area contributed by atoms with E-state index in [4.69, 9.17) is 0 Å². The van der Waals surface area contributed by atoms with Crippen molar-refractivity contribution in [1.29, 1.82) is 0 Å². The van der Waals surface area contributed by atoms with E-state index in [1.807, 2.05) is 0 Å². The first-order valence-electron chi connectivity index (χ1n) is 7.22. The average molecular weight is 346 g/mol. The van der Waals surface area contributed by atoms with Crippen LogP contribution in [0.2, 0.25) is 0 Å². The van der Waals surface area contributed by atoms with E-state index >= 15 is 0 Å². The van der Waals surface area contributed by atoms with Crippen LogP contribution in [0.4, 0.5) is 9.52 Å². The van der Waals surface area contributed by atoms with Gasteiger partial charge in [0.25, 0.3) is 0 Å². The van der Waals surface area contributed by atoms with Crippen LogP contribution in [0.25, 0.3) is 16.0 Å². The summed E-state index contributed by atoms with van der Waals surface area (Å²) in [4.78, 5) is 27.6. The van der Waals surface area contributed by atoms with Crippen molar-refractivity contribution in [2.24, 2.45) is 5.92 Å². The summed E-state index contributed by atoms with van der Waals surface area (Å²) in [6.45, 7) is 0. The monoisotopic (exact) mass is 346 g/mol. The summed E-state index contributed by atoms with van der Waals surface area (Å²) in [5.74, 6) is -1.69. The fraction of sp³-hybridized carbons (Fsp3) is 0.200. The normalized spacial score (nSPS) is 14.0. The number of thiazole rings is 1. The van der Waals surface area contributed by atoms with Crippen LogP contribution in [0.15, 0.2) is 24.3 Å². The summed E-state index contributed by atoms with van der Waals surface area (Å²) in [5.41, 5.74) is 0.646. The Hall–Kier alpha value is -2.81. The van der Waals surface area contributed by atoms with Gasteiger partial charge >= 0.3 is 5.97 Å². The van der Waals surface area contributed by atoms with Gasteiger partial charge in [0.05, 0.1) is 5.69 Å². The zero-order valence-electron chi connectivity index (χ0n) is 12.2. The Morgan fingerprint density at radius 1 is 1.29 bits per heavy atom. The molecule has 1 aliphatic rings. The van der Waals surface area contributed by atoms with Crippen LogP contribution in [0.3, 0.4) is 0 Å². The maximum Gasteiger partial charge on any atom is 0.358 e. The lowest BCUT2D eigenvalue weighted by Crippen LogP contribution is -2.13. The van der Waals surface area contributed by atoms with Gasteiger partial charge in [0.1, 0.15) is 10.5 Å². The van der Waals surface area contributed by atoms with Gasteiger partial charge in [0.2, 0.25) is 5.91 Å². The van der Waals surface area contributed by atoms with Crippen LogP contribution in [0.1, 0.15) is 23.3 Å². The summed E-state index contributed by atoms with van der Waals surface area (Å²) >= 11 is 1.06. The number of rotatable bonds is 4. The largest absolute Gasteiger partial charge is 0.476 e. The molecule has 2 N–H and O–H groups in total. The molecule has 24 heavy (non-hydrogen) atoms.